The van der Waals surface area contributed by atoms with Crippen LogP contribution >= 0.6 is 23.4 Å². The number of Topliss-reactive ketones (excluding diaryl/α,β-unsaturated/α-hetero) is 1. The van der Waals surface area contributed by atoms with Gasteiger partial charge in [-0.15, -0.1) is 10.2 Å². The number of hydrogen-bond acceptors (Lipinski definition) is 4. The highest BCUT2D eigenvalue weighted by molar-refractivity contribution is 8.00. The summed E-state index contributed by atoms with van der Waals surface area (Å²) in [5.41, 5.74) is 1.81. The van der Waals surface area contributed by atoms with Gasteiger partial charge < -0.3 is 0 Å². The zero-order valence-corrected chi connectivity index (χ0v) is 15.5. The maximum Gasteiger partial charge on any atom is 0.196 e. The summed E-state index contributed by atoms with van der Waals surface area (Å²) in [4.78, 5) is 12.5. The number of hydrogen-bond donors (Lipinski definition) is 0. The van der Waals surface area contributed by atoms with Crippen LogP contribution in [0.4, 0.5) is 8.78 Å². The Morgan fingerprint density at radius 1 is 1.19 bits per heavy atom. The Hall–Kier alpha value is -2.25. The summed E-state index contributed by atoms with van der Waals surface area (Å²) >= 11 is 7.34. The minimum atomic E-state index is -1.05. The summed E-state index contributed by atoms with van der Waals surface area (Å²) in [7, 11) is 0. The van der Waals surface area contributed by atoms with Crippen molar-refractivity contribution < 1.29 is 13.6 Å². The molecule has 4 nitrogen and oxygen atoms in total. The maximum atomic E-state index is 13.4. The van der Waals surface area contributed by atoms with Crippen molar-refractivity contribution in [2.24, 2.45) is 0 Å². The molecular formula is C18H14ClF2N3OS. The largest absolute Gasteiger partial charge is 0.293 e. The van der Waals surface area contributed by atoms with Crippen molar-refractivity contribution in [1.29, 1.82) is 0 Å². The van der Waals surface area contributed by atoms with Gasteiger partial charge in [-0.05, 0) is 49.7 Å². The van der Waals surface area contributed by atoms with Gasteiger partial charge in [0.2, 0.25) is 0 Å². The molecule has 26 heavy (non-hydrogen) atoms. The van der Waals surface area contributed by atoms with Crippen LogP contribution in [0.1, 0.15) is 22.8 Å². The average Bonchev–Trinajstić information content (AvgIpc) is 3.07. The zero-order valence-electron chi connectivity index (χ0n) is 13.9. The van der Waals surface area contributed by atoms with Gasteiger partial charge in [-0.3, -0.25) is 9.36 Å². The van der Waals surface area contributed by atoms with Gasteiger partial charge in [0.15, 0.2) is 22.6 Å². The predicted molar refractivity (Wildman–Crippen MR) is 97.1 cm³/mol. The van der Waals surface area contributed by atoms with E-state index in [2.05, 4.69) is 10.2 Å². The van der Waals surface area contributed by atoms with E-state index in [0.717, 1.165) is 23.4 Å². The lowest BCUT2D eigenvalue weighted by atomic mass is 10.1. The maximum absolute atomic E-state index is 13.4. The first-order valence-corrected chi connectivity index (χ1v) is 8.95. The molecular weight excluding hydrogens is 380 g/mol. The molecule has 0 amide bonds. The fraction of sp³-hybridized carbons (Fsp3) is 0.167. The van der Waals surface area contributed by atoms with Crippen LogP contribution < -0.4 is 0 Å². The number of carbonyl (C=O) groups is 1. The van der Waals surface area contributed by atoms with Crippen molar-refractivity contribution in [1.82, 2.24) is 14.8 Å². The molecule has 0 bridgehead atoms. The molecule has 1 aromatic heterocycles. The second kappa shape index (κ2) is 7.55. The van der Waals surface area contributed by atoms with Crippen LogP contribution in [0.5, 0.6) is 0 Å². The summed E-state index contributed by atoms with van der Waals surface area (Å²) in [5, 5.41) is 8.47. The van der Waals surface area contributed by atoms with Gasteiger partial charge >= 0.3 is 0 Å². The normalized spacial score (nSPS) is 12.2. The van der Waals surface area contributed by atoms with Crippen LogP contribution in [0.15, 0.2) is 47.9 Å². The molecule has 0 radical (unpaired) electrons. The van der Waals surface area contributed by atoms with Gasteiger partial charge in [0.25, 0.3) is 0 Å². The predicted octanol–water partition coefficient (Wildman–Crippen LogP) is 4.87. The highest BCUT2D eigenvalue weighted by atomic mass is 35.5. The molecule has 0 aliphatic rings. The van der Waals surface area contributed by atoms with Gasteiger partial charge in [0, 0.05) is 10.6 Å². The third-order valence-electron chi connectivity index (χ3n) is 3.81. The van der Waals surface area contributed by atoms with E-state index in [1.54, 1.807) is 17.6 Å². The number of nitrogens with zero attached hydrogens (tertiary/aromatic N) is 3. The molecule has 2 aromatic carbocycles. The van der Waals surface area contributed by atoms with E-state index in [1.807, 2.05) is 19.1 Å². The number of aromatic nitrogens is 3. The monoisotopic (exact) mass is 393 g/mol. The Morgan fingerprint density at radius 2 is 1.96 bits per heavy atom. The molecule has 0 fully saturated rings. The average molecular weight is 394 g/mol. The highest BCUT2D eigenvalue weighted by Gasteiger charge is 2.21. The first-order chi connectivity index (χ1) is 12.4. The van der Waals surface area contributed by atoms with Crippen molar-refractivity contribution in [3.8, 4) is 5.69 Å². The van der Waals surface area contributed by atoms with Crippen LogP contribution in [-0.4, -0.2) is 25.8 Å². The van der Waals surface area contributed by atoms with Crippen molar-refractivity contribution in [2.75, 3.05) is 0 Å². The molecule has 3 aromatic rings. The number of benzene rings is 2. The van der Waals surface area contributed by atoms with Gasteiger partial charge in [0.05, 0.1) is 10.9 Å². The van der Waals surface area contributed by atoms with Gasteiger partial charge in [-0.2, -0.15) is 0 Å². The molecule has 0 saturated heterocycles. The molecule has 1 atom stereocenters. The lowest BCUT2D eigenvalue weighted by Crippen LogP contribution is -2.15. The van der Waals surface area contributed by atoms with Crippen molar-refractivity contribution in [3.05, 3.63) is 70.5 Å². The van der Waals surface area contributed by atoms with Gasteiger partial charge in [0.1, 0.15) is 6.33 Å². The fourth-order valence-electron chi connectivity index (χ4n) is 2.31. The van der Waals surface area contributed by atoms with E-state index < -0.39 is 16.9 Å². The smallest absolute Gasteiger partial charge is 0.196 e. The number of ketones is 1. The van der Waals surface area contributed by atoms with Gasteiger partial charge in [-0.25, -0.2) is 8.78 Å². The molecule has 0 aliphatic heterocycles. The molecule has 1 heterocycles. The molecule has 1 unspecified atom stereocenters. The molecule has 0 spiro atoms. The highest BCUT2D eigenvalue weighted by Crippen LogP contribution is 2.28. The summed E-state index contributed by atoms with van der Waals surface area (Å²) in [5.74, 6) is -2.37. The topological polar surface area (TPSA) is 47.8 Å². The van der Waals surface area contributed by atoms with E-state index in [9.17, 15) is 13.6 Å². The lowest BCUT2D eigenvalue weighted by Gasteiger charge is -2.12. The van der Waals surface area contributed by atoms with E-state index in [0.29, 0.717) is 10.2 Å². The summed E-state index contributed by atoms with van der Waals surface area (Å²) in [6.45, 7) is 3.58. The molecule has 0 N–H and O–H groups in total. The first kappa shape index (κ1) is 18.5. The minimum Gasteiger partial charge on any atom is -0.293 e. The standard InChI is InChI=1S/C18H14ClF2N3OS/c1-10-3-5-13(8-14(10)19)24-9-22-23-18(24)26-11(2)17(25)12-4-6-15(20)16(21)7-12/h3-9,11H,1-2H3. The Labute approximate surface area is 158 Å². The third-order valence-corrected chi connectivity index (χ3v) is 5.27. The Morgan fingerprint density at radius 3 is 2.65 bits per heavy atom. The third kappa shape index (κ3) is 3.78. The Balaban J connectivity index is 1.83. The van der Waals surface area contributed by atoms with E-state index in [1.165, 1.54) is 24.2 Å². The van der Waals surface area contributed by atoms with Crippen LogP contribution in [0.25, 0.3) is 5.69 Å². The number of halogens is 3. The molecule has 0 saturated carbocycles. The summed E-state index contributed by atoms with van der Waals surface area (Å²) in [6.07, 6.45) is 1.53. The second-order valence-corrected chi connectivity index (χ2v) is 7.39. The molecule has 3 rings (SSSR count). The first-order valence-electron chi connectivity index (χ1n) is 7.69. The Kier molecular flexibility index (Phi) is 5.38. The van der Waals surface area contributed by atoms with Gasteiger partial charge in [-0.1, -0.05) is 29.4 Å². The van der Waals surface area contributed by atoms with Crippen molar-refractivity contribution >= 4 is 29.1 Å². The Bertz CT molecular complexity index is 977. The minimum absolute atomic E-state index is 0.105. The van der Waals surface area contributed by atoms with E-state index in [-0.39, 0.29) is 11.3 Å². The second-order valence-electron chi connectivity index (χ2n) is 5.67. The SMILES string of the molecule is Cc1ccc(-n2cnnc2SC(C)C(=O)c2ccc(F)c(F)c2)cc1Cl. The molecule has 0 aliphatic carbocycles. The molecule has 8 heteroatoms. The van der Waals surface area contributed by atoms with Crippen LogP contribution in [0, 0.1) is 18.6 Å². The van der Waals surface area contributed by atoms with Crippen molar-refractivity contribution in [3.63, 3.8) is 0 Å². The van der Waals surface area contributed by atoms with Crippen molar-refractivity contribution in [2.45, 2.75) is 24.3 Å². The quantitative estimate of drug-likeness (QED) is 0.458. The fourth-order valence-corrected chi connectivity index (χ4v) is 3.40. The van der Waals surface area contributed by atoms with E-state index >= 15 is 0 Å². The van der Waals surface area contributed by atoms with Crippen LogP contribution in [0.3, 0.4) is 0 Å². The van der Waals surface area contributed by atoms with Crippen LogP contribution in [-0.2, 0) is 0 Å². The lowest BCUT2D eigenvalue weighted by molar-refractivity contribution is 0.0993. The van der Waals surface area contributed by atoms with E-state index in [4.69, 9.17) is 11.6 Å². The summed E-state index contributed by atoms with van der Waals surface area (Å²) in [6, 6.07) is 8.64. The summed E-state index contributed by atoms with van der Waals surface area (Å²) < 4.78 is 28.1. The number of carbonyl (C=O) groups excluding carboxylic acids is 1. The molecule has 134 valence electrons. The number of rotatable bonds is 5. The number of aryl methyl sites for hydroxylation is 1. The zero-order chi connectivity index (χ0) is 18.8. The number of thioether (sulfide) groups is 1. The van der Waals surface area contributed by atoms with Crippen LogP contribution in [0.2, 0.25) is 5.02 Å².